The number of carbonyl (C=O) groups excluding carboxylic acids is 1. The Morgan fingerprint density at radius 1 is 1.00 bits per heavy atom. The van der Waals surface area contributed by atoms with Gasteiger partial charge in [0.05, 0.1) is 5.56 Å². The minimum atomic E-state index is 0.103. The second-order valence-electron chi connectivity index (χ2n) is 5.85. The van der Waals surface area contributed by atoms with Crippen molar-refractivity contribution < 1.29 is 4.79 Å². The fourth-order valence-corrected chi connectivity index (χ4v) is 3.05. The molecular formula is C16H24N4O. The number of hydrogen-bond donors (Lipinski definition) is 1. The van der Waals surface area contributed by atoms with Crippen LogP contribution in [0.1, 0.15) is 36.0 Å². The molecule has 5 nitrogen and oxygen atoms in total. The summed E-state index contributed by atoms with van der Waals surface area (Å²) < 4.78 is 0. The maximum Gasteiger partial charge on any atom is 0.255 e. The second-order valence-corrected chi connectivity index (χ2v) is 5.85. The Hall–Kier alpha value is -1.62. The van der Waals surface area contributed by atoms with Crippen molar-refractivity contribution in [2.45, 2.75) is 25.7 Å². The van der Waals surface area contributed by atoms with Crippen molar-refractivity contribution >= 4 is 11.7 Å². The molecule has 21 heavy (non-hydrogen) atoms. The normalized spacial score (nSPS) is 20.2. The van der Waals surface area contributed by atoms with Crippen LogP contribution in [-0.4, -0.2) is 55.1 Å². The Kier molecular flexibility index (Phi) is 4.70. The Labute approximate surface area is 126 Å². The third-order valence-corrected chi connectivity index (χ3v) is 4.33. The number of piperazine rings is 1. The molecule has 5 heteroatoms. The van der Waals surface area contributed by atoms with Crippen LogP contribution in [0, 0.1) is 0 Å². The number of aromatic nitrogens is 1. The van der Waals surface area contributed by atoms with Gasteiger partial charge in [-0.25, -0.2) is 4.98 Å². The minimum Gasteiger partial charge on any atom is -0.357 e. The summed E-state index contributed by atoms with van der Waals surface area (Å²) in [4.78, 5) is 21.2. The summed E-state index contributed by atoms with van der Waals surface area (Å²) >= 11 is 0. The Balaban J connectivity index is 1.66. The van der Waals surface area contributed by atoms with Crippen LogP contribution in [0.15, 0.2) is 18.3 Å². The van der Waals surface area contributed by atoms with E-state index >= 15 is 0 Å². The van der Waals surface area contributed by atoms with Crippen molar-refractivity contribution in [3.8, 4) is 0 Å². The van der Waals surface area contributed by atoms with E-state index in [1.807, 2.05) is 17.0 Å². The van der Waals surface area contributed by atoms with E-state index in [0.29, 0.717) is 5.56 Å². The fourth-order valence-electron chi connectivity index (χ4n) is 3.05. The quantitative estimate of drug-likeness (QED) is 0.896. The fraction of sp³-hybridized carbons (Fsp3) is 0.625. The zero-order valence-corrected chi connectivity index (χ0v) is 12.6. The highest BCUT2D eigenvalue weighted by Crippen LogP contribution is 2.18. The number of carbonyl (C=O) groups is 1. The highest BCUT2D eigenvalue weighted by Gasteiger charge is 2.18. The summed E-state index contributed by atoms with van der Waals surface area (Å²) in [5, 5.41) is 3.26. The molecule has 1 amide bonds. The standard InChI is InChI=1S/C16H24N4O/c21-16(20-11-7-17-8-12-20)14-5-6-15(18-13-14)19-9-3-1-2-4-10-19/h5-6,13,17H,1-4,7-12H2. The maximum atomic E-state index is 12.4. The van der Waals surface area contributed by atoms with Gasteiger partial charge in [-0.1, -0.05) is 12.8 Å². The number of rotatable bonds is 2. The summed E-state index contributed by atoms with van der Waals surface area (Å²) in [5.74, 6) is 1.11. The van der Waals surface area contributed by atoms with Gasteiger partial charge in [-0.3, -0.25) is 4.79 Å². The molecular weight excluding hydrogens is 264 g/mol. The van der Waals surface area contributed by atoms with E-state index in [2.05, 4.69) is 15.2 Å². The zero-order valence-electron chi connectivity index (χ0n) is 12.6. The monoisotopic (exact) mass is 288 g/mol. The topological polar surface area (TPSA) is 48.5 Å². The molecule has 0 saturated carbocycles. The highest BCUT2D eigenvalue weighted by atomic mass is 16.2. The molecule has 1 aromatic heterocycles. The summed E-state index contributed by atoms with van der Waals surface area (Å²) in [6.07, 6.45) is 6.85. The van der Waals surface area contributed by atoms with E-state index in [0.717, 1.165) is 45.1 Å². The summed E-state index contributed by atoms with van der Waals surface area (Å²) in [7, 11) is 0. The van der Waals surface area contributed by atoms with Crippen LogP contribution in [0.2, 0.25) is 0 Å². The molecule has 2 aliphatic heterocycles. The van der Waals surface area contributed by atoms with Gasteiger partial charge in [0.2, 0.25) is 0 Å². The molecule has 3 heterocycles. The Bertz CT molecular complexity index is 460. The molecule has 0 aromatic carbocycles. The van der Waals surface area contributed by atoms with E-state index in [9.17, 15) is 4.79 Å². The molecule has 0 atom stereocenters. The maximum absolute atomic E-state index is 12.4. The number of nitrogens with one attached hydrogen (secondary N) is 1. The second kappa shape index (κ2) is 6.89. The number of pyridine rings is 1. The molecule has 3 rings (SSSR count). The molecule has 2 aliphatic rings. The van der Waals surface area contributed by atoms with Crippen LogP contribution < -0.4 is 10.2 Å². The summed E-state index contributed by atoms with van der Waals surface area (Å²) in [6, 6.07) is 3.93. The van der Waals surface area contributed by atoms with E-state index in [1.165, 1.54) is 25.7 Å². The highest BCUT2D eigenvalue weighted by molar-refractivity contribution is 5.94. The van der Waals surface area contributed by atoms with Crippen molar-refractivity contribution in [1.29, 1.82) is 0 Å². The van der Waals surface area contributed by atoms with Gasteiger partial charge in [-0.15, -0.1) is 0 Å². The molecule has 0 radical (unpaired) electrons. The largest absolute Gasteiger partial charge is 0.357 e. The van der Waals surface area contributed by atoms with Crippen molar-refractivity contribution in [1.82, 2.24) is 15.2 Å². The first-order chi connectivity index (χ1) is 10.3. The average molecular weight is 288 g/mol. The molecule has 0 aliphatic carbocycles. The smallest absolute Gasteiger partial charge is 0.255 e. The van der Waals surface area contributed by atoms with Gasteiger partial charge in [0.15, 0.2) is 0 Å². The molecule has 1 N–H and O–H groups in total. The van der Waals surface area contributed by atoms with Crippen LogP contribution >= 0.6 is 0 Å². The van der Waals surface area contributed by atoms with Gasteiger partial charge in [-0.2, -0.15) is 0 Å². The van der Waals surface area contributed by atoms with E-state index in [1.54, 1.807) is 6.20 Å². The first kappa shape index (κ1) is 14.3. The van der Waals surface area contributed by atoms with Gasteiger partial charge in [0.25, 0.3) is 5.91 Å². The van der Waals surface area contributed by atoms with E-state index in [4.69, 9.17) is 0 Å². The minimum absolute atomic E-state index is 0.103. The number of hydrogen-bond acceptors (Lipinski definition) is 4. The molecule has 0 unspecified atom stereocenters. The molecule has 0 bridgehead atoms. The number of nitrogens with zero attached hydrogens (tertiary/aromatic N) is 3. The third kappa shape index (κ3) is 3.53. The van der Waals surface area contributed by atoms with E-state index in [-0.39, 0.29) is 5.91 Å². The molecule has 2 fully saturated rings. The van der Waals surface area contributed by atoms with Gasteiger partial charge in [0, 0.05) is 45.5 Å². The van der Waals surface area contributed by atoms with Gasteiger partial charge < -0.3 is 15.1 Å². The predicted octanol–water partition coefficient (Wildman–Crippen LogP) is 1.51. The SMILES string of the molecule is O=C(c1ccc(N2CCCCCC2)nc1)N1CCNCC1. The molecule has 2 saturated heterocycles. The lowest BCUT2D eigenvalue weighted by Crippen LogP contribution is -2.46. The number of anilines is 1. The summed E-state index contributed by atoms with van der Waals surface area (Å²) in [5.41, 5.74) is 0.704. The lowest BCUT2D eigenvalue weighted by Gasteiger charge is -2.27. The van der Waals surface area contributed by atoms with Crippen LogP contribution in [-0.2, 0) is 0 Å². The van der Waals surface area contributed by atoms with Crippen LogP contribution in [0.5, 0.6) is 0 Å². The third-order valence-electron chi connectivity index (χ3n) is 4.33. The lowest BCUT2D eigenvalue weighted by molar-refractivity contribution is 0.0735. The average Bonchev–Trinajstić information content (AvgIpc) is 2.84. The van der Waals surface area contributed by atoms with Crippen molar-refractivity contribution in [3.63, 3.8) is 0 Å². The number of amides is 1. The van der Waals surface area contributed by atoms with Gasteiger partial charge >= 0.3 is 0 Å². The Morgan fingerprint density at radius 3 is 2.33 bits per heavy atom. The lowest BCUT2D eigenvalue weighted by atomic mass is 10.2. The van der Waals surface area contributed by atoms with Crippen LogP contribution in [0.25, 0.3) is 0 Å². The van der Waals surface area contributed by atoms with E-state index < -0.39 is 0 Å². The summed E-state index contributed by atoms with van der Waals surface area (Å²) in [6.45, 7) is 5.49. The zero-order chi connectivity index (χ0) is 14.5. The molecule has 0 spiro atoms. The predicted molar refractivity (Wildman–Crippen MR) is 83.7 cm³/mol. The first-order valence-corrected chi connectivity index (χ1v) is 8.05. The Morgan fingerprint density at radius 2 is 1.71 bits per heavy atom. The molecule has 1 aromatic rings. The first-order valence-electron chi connectivity index (χ1n) is 8.05. The van der Waals surface area contributed by atoms with Crippen LogP contribution in [0.3, 0.4) is 0 Å². The van der Waals surface area contributed by atoms with Crippen molar-refractivity contribution in [2.24, 2.45) is 0 Å². The van der Waals surface area contributed by atoms with Gasteiger partial charge in [-0.05, 0) is 25.0 Å². The van der Waals surface area contributed by atoms with Crippen LogP contribution in [0.4, 0.5) is 5.82 Å². The molecule has 114 valence electrons. The van der Waals surface area contributed by atoms with Gasteiger partial charge in [0.1, 0.15) is 5.82 Å². The van der Waals surface area contributed by atoms with Crippen molar-refractivity contribution in [2.75, 3.05) is 44.2 Å². The van der Waals surface area contributed by atoms with Crippen molar-refractivity contribution in [3.05, 3.63) is 23.9 Å².